The van der Waals surface area contributed by atoms with Gasteiger partial charge in [-0.05, 0) is 29.8 Å². The second kappa shape index (κ2) is 7.97. The summed E-state index contributed by atoms with van der Waals surface area (Å²) in [5.41, 5.74) is 8.90. The molecule has 4 rings (SSSR count). The van der Waals surface area contributed by atoms with Crippen molar-refractivity contribution in [2.45, 2.75) is 24.9 Å². The lowest BCUT2D eigenvalue weighted by atomic mass is 9.86. The molecule has 2 aromatic carbocycles. The molecule has 8 heteroatoms. The van der Waals surface area contributed by atoms with Gasteiger partial charge in [0.05, 0.1) is 11.4 Å². The SMILES string of the molecule is N=COc1cccc(CNNC2=Nc3ccccc3N(N)C23CCOCC3)c1. The number of hydrazine groups is 2. The monoisotopic (exact) mass is 380 g/mol. The van der Waals surface area contributed by atoms with Crippen molar-refractivity contribution in [1.82, 2.24) is 10.9 Å². The fourth-order valence-corrected chi connectivity index (χ4v) is 3.69. The van der Waals surface area contributed by atoms with Gasteiger partial charge in [0, 0.05) is 32.6 Å². The van der Waals surface area contributed by atoms with Gasteiger partial charge in [-0.25, -0.2) is 16.3 Å². The molecule has 2 aliphatic rings. The number of amidine groups is 1. The number of anilines is 1. The normalized spacial score (nSPS) is 17.6. The number of nitrogens with zero attached hydrogens (tertiary/aromatic N) is 2. The first-order chi connectivity index (χ1) is 13.7. The van der Waals surface area contributed by atoms with Crippen LogP contribution in [0.1, 0.15) is 18.4 Å². The first-order valence-corrected chi connectivity index (χ1v) is 9.27. The van der Waals surface area contributed by atoms with Gasteiger partial charge < -0.3 is 14.9 Å². The Morgan fingerprint density at radius 1 is 1.21 bits per heavy atom. The lowest BCUT2D eigenvalue weighted by Gasteiger charge is -2.47. The van der Waals surface area contributed by atoms with Crippen molar-refractivity contribution in [3.05, 3.63) is 54.1 Å². The molecule has 2 aliphatic heterocycles. The van der Waals surface area contributed by atoms with Crippen LogP contribution in [-0.4, -0.2) is 31.0 Å². The number of para-hydroxylation sites is 2. The summed E-state index contributed by atoms with van der Waals surface area (Å²) in [7, 11) is 0. The maximum atomic E-state index is 7.05. The minimum absolute atomic E-state index is 0.426. The van der Waals surface area contributed by atoms with Crippen LogP contribution in [-0.2, 0) is 11.3 Å². The molecule has 0 aromatic heterocycles. The third-order valence-electron chi connectivity index (χ3n) is 5.19. The Kier molecular flexibility index (Phi) is 5.25. The van der Waals surface area contributed by atoms with E-state index in [9.17, 15) is 0 Å². The quantitative estimate of drug-likeness (QED) is 0.274. The maximum Gasteiger partial charge on any atom is 0.173 e. The summed E-state index contributed by atoms with van der Waals surface area (Å²) in [5.74, 6) is 8.00. The number of fused-ring (bicyclic) bond motifs is 1. The Morgan fingerprint density at radius 2 is 2.04 bits per heavy atom. The molecule has 0 bridgehead atoms. The molecule has 0 aliphatic carbocycles. The van der Waals surface area contributed by atoms with Gasteiger partial charge >= 0.3 is 0 Å². The van der Waals surface area contributed by atoms with E-state index in [0.29, 0.717) is 25.5 Å². The summed E-state index contributed by atoms with van der Waals surface area (Å²) >= 11 is 0. The first-order valence-electron chi connectivity index (χ1n) is 9.27. The lowest BCUT2D eigenvalue weighted by molar-refractivity contribution is 0.0686. The molecule has 28 heavy (non-hydrogen) atoms. The number of benzene rings is 2. The molecule has 146 valence electrons. The Balaban J connectivity index is 1.53. The van der Waals surface area contributed by atoms with Gasteiger partial charge in [-0.2, -0.15) is 0 Å². The summed E-state index contributed by atoms with van der Waals surface area (Å²) < 4.78 is 10.7. The highest BCUT2D eigenvalue weighted by Gasteiger charge is 2.45. The predicted molar refractivity (Wildman–Crippen MR) is 109 cm³/mol. The van der Waals surface area contributed by atoms with Crippen molar-refractivity contribution in [1.29, 1.82) is 5.41 Å². The number of nitrogens with one attached hydrogen (secondary N) is 3. The van der Waals surface area contributed by atoms with Crippen molar-refractivity contribution >= 4 is 23.6 Å². The van der Waals surface area contributed by atoms with Crippen LogP contribution in [0.15, 0.2) is 53.5 Å². The number of rotatable bonds is 5. The molecular weight excluding hydrogens is 356 g/mol. The third-order valence-corrected chi connectivity index (χ3v) is 5.19. The van der Waals surface area contributed by atoms with Gasteiger partial charge in [-0.3, -0.25) is 10.4 Å². The first kappa shape index (κ1) is 18.4. The van der Waals surface area contributed by atoms with Crippen molar-refractivity contribution in [3.8, 4) is 5.75 Å². The predicted octanol–water partition coefficient (Wildman–Crippen LogP) is 2.24. The van der Waals surface area contributed by atoms with Crippen molar-refractivity contribution in [3.63, 3.8) is 0 Å². The average Bonchev–Trinajstić information content (AvgIpc) is 2.73. The van der Waals surface area contributed by atoms with E-state index in [2.05, 4.69) is 10.9 Å². The van der Waals surface area contributed by atoms with Crippen LogP contribution >= 0.6 is 0 Å². The van der Waals surface area contributed by atoms with E-state index in [1.165, 1.54) is 0 Å². The fraction of sp³-hybridized carbons (Fsp3) is 0.300. The minimum Gasteiger partial charge on any atom is -0.446 e. The zero-order valence-electron chi connectivity index (χ0n) is 15.5. The van der Waals surface area contributed by atoms with Gasteiger partial charge in [0.2, 0.25) is 0 Å². The highest BCUT2D eigenvalue weighted by molar-refractivity contribution is 6.00. The zero-order valence-corrected chi connectivity index (χ0v) is 15.5. The van der Waals surface area contributed by atoms with Crippen LogP contribution in [0.5, 0.6) is 5.75 Å². The van der Waals surface area contributed by atoms with Crippen LogP contribution in [0.25, 0.3) is 0 Å². The highest BCUT2D eigenvalue weighted by atomic mass is 16.5. The summed E-state index contributed by atoms with van der Waals surface area (Å²) in [6.45, 7) is 1.84. The molecular formula is C20H24N6O2. The van der Waals surface area contributed by atoms with E-state index in [4.69, 9.17) is 25.7 Å². The molecule has 2 aromatic rings. The van der Waals surface area contributed by atoms with Crippen molar-refractivity contribution in [2.24, 2.45) is 10.8 Å². The molecule has 0 atom stereocenters. The molecule has 2 heterocycles. The molecule has 1 saturated heterocycles. The summed E-state index contributed by atoms with van der Waals surface area (Å²) in [4.78, 5) is 4.86. The van der Waals surface area contributed by atoms with E-state index < -0.39 is 5.54 Å². The Hall–Kier alpha value is -2.94. The smallest absolute Gasteiger partial charge is 0.173 e. The Bertz CT molecular complexity index is 879. The third kappa shape index (κ3) is 3.45. The van der Waals surface area contributed by atoms with Gasteiger partial charge in [-0.1, -0.05) is 24.3 Å². The van der Waals surface area contributed by atoms with Crippen LogP contribution in [0.2, 0.25) is 0 Å². The van der Waals surface area contributed by atoms with Gasteiger partial charge in [0.25, 0.3) is 0 Å². The standard InChI is InChI=1S/C20H24N6O2/c21-14-28-16-5-3-4-15(12-16)13-23-25-19-20(8-10-27-11-9-20)26(22)18-7-2-1-6-17(18)24-19/h1-7,12,14,21,23H,8-11,13,22H2,(H,24,25). The summed E-state index contributed by atoms with van der Waals surface area (Å²) in [6.07, 6.45) is 2.44. The Morgan fingerprint density at radius 3 is 2.86 bits per heavy atom. The average molecular weight is 380 g/mol. The zero-order chi connectivity index (χ0) is 19.4. The van der Waals surface area contributed by atoms with Crippen LogP contribution in [0, 0.1) is 5.41 Å². The lowest BCUT2D eigenvalue weighted by Crippen LogP contribution is -2.66. The molecule has 5 N–H and O–H groups in total. The fourth-order valence-electron chi connectivity index (χ4n) is 3.69. The van der Waals surface area contributed by atoms with Crippen LogP contribution in [0.3, 0.4) is 0 Å². The van der Waals surface area contributed by atoms with E-state index in [1.54, 1.807) is 0 Å². The number of aliphatic imine (C=N–C) groups is 1. The molecule has 0 saturated carbocycles. The van der Waals surface area contributed by atoms with Crippen LogP contribution in [0.4, 0.5) is 11.4 Å². The maximum absolute atomic E-state index is 7.05. The van der Waals surface area contributed by atoms with E-state index in [1.807, 2.05) is 53.5 Å². The Labute approximate surface area is 163 Å². The number of ether oxygens (including phenoxy) is 2. The molecule has 0 amide bonds. The summed E-state index contributed by atoms with van der Waals surface area (Å²) in [6, 6.07) is 15.5. The number of hydrogen-bond donors (Lipinski definition) is 4. The van der Waals surface area contributed by atoms with Gasteiger partial charge in [0.15, 0.2) is 6.40 Å². The second-order valence-electron chi connectivity index (χ2n) is 6.82. The molecule has 0 radical (unpaired) electrons. The number of hydrogen-bond acceptors (Lipinski definition) is 8. The van der Waals surface area contributed by atoms with Crippen LogP contribution < -0.4 is 26.4 Å². The van der Waals surface area contributed by atoms with E-state index in [0.717, 1.165) is 42.0 Å². The van der Waals surface area contributed by atoms with E-state index >= 15 is 0 Å². The second-order valence-corrected chi connectivity index (χ2v) is 6.82. The van der Waals surface area contributed by atoms with E-state index in [-0.39, 0.29) is 0 Å². The number of nitrogens with two attached hydrogens (primary N) is 1. The molecule has 1 fully saturated rings. The highest BCUT2D eigenvalue weighted by Crippen LogP contribution is 2.40. The largest absolute Gasteiger partial charge is 0.446 e. The molecule has 8 nitrogen and oxygen atoms in total. The minimum atomic E-state index is -0.426. The van der Waals surface area contributed by atoms with Crippen molar-refractivity contribution in [2.75, 3.05) is 18.2 Å². The molecule has 1 spiro atoms. The topological polar surface area (TPSA) is 108 Å². The summed E-state index contributed by atoms with van der Waals surface area (Å²) in [5, 5.41) is 8.89. The molecule has 0 unspecified atom stereocenters. The van der Waals surface area contributed by atoms with Gasteiger partial charge in [-0.15, -0.1) is 0 Å². The van der Waals surface area contributed by atoms with Crippen molar-refractivity contribution < 1.29 is 9.47 Å². The van der Waals surface area contributed by atoms with Gasteiger partial charge in [0.1, 0.15) is 17.1 Å².